The highest BCUT2D eigenvalue weighted by Gasteiger charge is 1.27. The van der Waals surface area contributed by atoms with E-state index in [1.807, 2.05) is 0 Å². The van der Waals surface area contributed by atoms with Crippen LogP contribution in [0.15, 0.2) is 0 Å². The second-order valence-corrected chi connectivity index (χ2v) is 0.621. The molecule has 5 heavy (non-hydrogen) atoms. The maximum absolute atomic E-state index is 10.1. The van der Waals surface area contributed by atoms with Gasteiger partial charge in [0, 0.05) is 0 Å². The average Bonchev–Trinajstić information content (AvgIpc) is 0.918. The lowest BCUT2D eigenvalue weighted by Gasteiger charge is -1.20. The molecule has 0 saturated heterocycles. The smallest absolute Gasteiger partial charge is 0.172 e. The number of hydrogen-bond donors (Lipinski definition) is 0. The van der Waals surface area contributed by atoms with Gasteiger partial charge < -0.3 is 0 Å². The molecule has 5 heteroatoms. The molecule has 0 aliphatic carbocycles. The molecule has 0 amide bonds. The van der Waals surface area contributed by atoms with Crippen LogP contribution < -0.4 is 0 Å². The van der Waals surface area contributed by atoms with Crippen molar-refractivity contribution in [2.45, 2.75) is 0 Å². The van der Waals surface area contributed by atoms with Gasteiger partial charge in [-0.25, -0.2) is 0 Å². The molecular weight excluding hydrogens is 153 g/mol. The Balaban J connectivity index is -0.0000000200. The molecule has 34 valence electrons. The predicted octanol–water partition coefficient (Wildman–Crippen LogP) is 2.12. The van der Waals surface area contributed by atoms with Gasteiger partial charge in [-0.15, -0.1) is 24.8 Å². The van der Waals surface area contributed by atoms with Crippen LogP contribution in [-0.4, -0.2) is 0 Å². The Hall–Kier alpha value is 1.03. The summed E-state index contributed by atoms with van der Waals surface area (Å²) in [6.45, 7) is 0. The van der Waals surface area contributed by atoms with Crippen LogP contribution in [0.4, 0.5) is 4.20 Å². The summed E-state index contributed by atoms with van der Waals surface area (Å²) in [5.41, 5.74) is 0. The monoisotopic (exact) mass is 154 g/mol. The number of halogens is 3. The molecule has 0 aromatic carbocycles. The topological polar surface area (TPSA) is 0 Å². The molecule has 0 unspecified atom stereocenters. The number of rotatable bonds is 0. The van der Waals surface area contributed by atoms with Crippen molar-refractivity contribution in [3.05, 3.63) is 0 Å². The summed E-state index contributed by atoms with van der Waals surface area (Å²) in [6.07, 6.45) is 0. The molecule has 0 aromatic rings. The van der Waals surface area contributed by atoms with E-state index in [1.165, 1.54) is 0 Å². The quantitative estimate of drug-likeness (QED) is 0.482. The van der Waals surface area contributed by atoms with Gasteiger partial charge in [0.2, 0.25) is 0 Å². The molecule has 0 aromatic heterocycles. The fourth-order valence-corrected chi connectivity index (χ4v) is 0. The molecule has 0 N–H and O–H groups in total. The maximum atomic E-state index is 10.1. The van der Waals surface area contributed by atoms with E-state index in [2.05, 4.69) is 11.8 Å². The standard InChI is InChI=1S/2ClH.FPS/c;;1-2-3/h2*1H;. The first-order chi connectivity index (χ1) is 1.41. The van der Waals surface area contributed by atoms with Crippen molar-refractivity contribution in [3.8, 4) is 0 Å². The fourth-order valence-electron chi connectivity index (χ4n) is 0. The maximum Gasteiger partial charge on any atom is 0.191 e. The van der Waals surface area contributed by atoms with Crippen LogP contribution in [0.2, 0.25) is 0 Å². The Kier molecular flexibility index (Phi) is 65.9. The van der Waals surface area contributed by atoms with E-state index in [4.69, 9.17) is 0 Å². The van der Waals surface area contributed by atoms with Gasteiger partial charge in [-0.2, -0.15) is 4.20 Å². The van der Waals surface area contributed by atoms with Crippen molar-refractivity contribution >= 4 is 44.3 Å². The molecule has 0 bridgehead atoms. The third-order valence-corrected chi connectivity index (χ3v) is 0. The Morgan fingerprint density at radius 1 is 1.40 bits per heavy atom. The number of hydrogen-bond acceptors (Lipinski definition) is 1. The minimum absolute atomic E-state index is 0. The summed E-state index contributed by atoms with van der Waals surface area (Å²) in [4.78, 5) is 0. The molecule has 0 fully saturated rings. The van der Waals surface area contributed by atoms with Crippen LogP contribution in [0.5, 0.6) is 0 Å². The van der Waals surface area contributed by atoms with Crippen LogP contribution in [-0.2, 0) is 11.8 Å². The molecule has 0 radical (unpaired) electrons. The molecule has 0 aliphatic rings. The van der Waals surface area contributed by atoms with Crippen LogP contribution in [0.25, 0.3) is 0 Å². The van der Waals surface area contributed by atoms with Gasteiger partial charge in [0.05, 0.1) is 0 Å². The Morgan fingerprint density at radius 3 is 1.40 bits per heavy atom. The summed E-state index contributed by atoms with van der Waals surface area (Å²) >= 11 is 3.70. The van der Waals surface area contributed by atoms with Gasteiger partial charge in [-0.05, 0) is 11.8 Å². The Labute approximate surface area is 48.9 Å². The van der Waals surface area contributed by atoms with Crippen LogP contribution in [0.3, 0.4) is 0 Å². The van der Waals surface area contributed by atoms with Crippen molar-refractivity contribution in [1.29, 1.82) is 0 Å². The third-order valence-electron chi connectivity index (χ3n) is 0. The zero-order valence-corrected chi connectivity index (χ0v) is 5.39. The third kappa shape index (κ3) is 43.5. The Morgan fingerprint density at radius 2 is 1.40 bits per heavy atom. The van der Waals surface area contributed by atoms with Crippen molar-refractivity contribution in [2.24, 2.45) is 0 Å². The van der Waals surface area contributed by atoms with E-state index in [0.29, 0.717) is 0 Å². The van der Waals surface area contributed by atoms with E-state index in [0.717, 1.165) is 0 Å². The molecule has 0 aliphatic heterocycles. The minimum Gasteiger partial charge on any atom is -0.172 e. The van der Waals surface area contributed by atoms with Gasteiger partial charge in [-0.1, -0.05) is 0 Å². The lowest BCUT2D eigenvalue weighted by atomic mass is 18.9. The SMILES string of the molecule is Cl.Cl.FP=S. The van der Waals surface area contributed by atoms with Crippen LogP contribution >= 0.6 is 32.5 Å². The lowest BCUT2D eigenvalue weighted by Crippen LogP contribution is -0.717. The van der Waals surface area contributed by atoms with E-state index >= 15 is 0 Å². The van der Waals surface area contributed by atoms with Gasteiger partial charge in [0.25, 0.3) is 0 Å². The molecule has 0 rings (SSSR count). The normalized spacial score (nSPS) is 4.20. The van der Waals surface area contributed by atoms with E-state index in [1.54, 1.807) is 0 Å². The second-order valence-electron chi connectivity index (χ2n) is 0.0690. The highest BCUT2D eigenvalue weighted by Crippen LogP contribution is 1.84. The van der Waals surface area contributed by atoms with Gasteiger partial charge >= 0.3 is 0 Å². The molecule has 0 heterocycles. The molecule has 0 nitrogen and oxygen atoms in total. The first-order valence-corrected chi connectivity index (χ1v) is 2.15. The van der Waals surface area contributed by atoms with Crippen LogP contribution in [0.1, 0.15) is 0 Å². The predicted molar refractivity (Wildman–Crippen MR) is 29.9 cm³/mol. The summed E-state index contributed by atoms with van der Waals surface area (Å²) in [6, 6.07) is 0. The van der Waals surface area contributed by atoms with Gasteiger partial charge in [0.15, 0.2) is 7.67 Å². The highest BCUT2D eigenvalue weighted by atomic mass is 35.5. The minimum atomic E-state index is -0.500. The largest absolute Gasteiger partial charge is 0.191 e. The summed E-state index contributed by atoms with van der Waals surface area (Å²) in [5, 5.41) is 0. The van der Waals surface area contributed by atoms with E-state index < -0.39 is 7.67 Å². The second kappa shape index (κ2) is 19.8. The van der Waals surface area contributed by atoms with Crippen molar-refractivity contribution in [1.82, 2.24) is 0 Å². The van der Waals surface area contributed by atoms with Crippen molar-refractivity contribution in [3.63, 3.8) is 0 Å². The first-order valence-electron chi connectivity index (χ1n) is 0.352. The first kappa shape index (κ1) is 16.6. The van der Waals surface area contributed by atoms with Crippen molar-refractivity contribution < 1.29 is 4.20 Å². The summed E-state index contributed by atoms with van der Waals surface area (Å²) in [7, 11) is -0.500. The Bertz CT molecular complexity index is 17.1. The van der Waals surface area contributed by atoms with Crippen LogP contribution in [0, 0.1) is 0 Å². The van der Waals surface area contributed by atoms with E-state index in [9.17, 15) is 4.20 Å². The zero-order chi connectivity index (χ0) is 2.71. The highest BCUT2D eigenvalue weighted by molar-refractivity contribution is 7.94. The molecule has 0 atom stereocenters. The lowest BCUT2D eigenvalue weighted by molar-refractivity contribution is 0.939. The van der Waals surface area contributed by atoms with E-state index in [-0.39, 0.29) is 24.8 Å². The average molecular weight is 155 g/mol. The van der Waals surface area contributed by atoms with Gasteiger partial charge in [0.1, 0.15) is 0 Å². The zero-order valence-electron chi connectivity index (χ0n) is 2.05. The fraction of sp³-hybridized carbons (Fsp3) is 0. The molecule has 0 spiro atoms. The van der Waals surface area contributed by atoms with Gasteiger partial charge in [-0.3, -0.25) is 0 Å². The summed E-state index contributed by atoms with van der Waals surface area (Å²) in [5.74, 6) is 0. The van der Waals surface area contributed by atoms with Crippen molar-refractivity contribution in [2.75, 3.05) is 0 Å². The summed E-state index contributed by atoms with van der Waals surface area (Å²) < 4.78 is 10.1. The molecule has 0 saturated carbocycles. The molecular formula is H2Cl2FPS.